The molecule has 0 amide bonds. The van der Waals surface area contributed by atoms with E-state index < -0.39 is 18.1 Å². The smallest absolute Gasteiger partial charge is 0.309 e. The topological polar surface area (TPSA) is 12.0 Å². The van der Waals surface area contributed by atoms with E-state index in [0.29, 0.717) is 30.5 Å². The van der Waals surface area contributed by atoms with E-state index in [1.807, 2.05) is 0 Å². The lowest BCUT2D eigenvalue weighted by atomic mass is 9.84. The molecule has 1 aromatic rings. The van der Waals surface area contributed by atoms with E-state index in [4.69, 9.17) is 0 Å². The fraction of sp³-hybridized carbons (Fsp3) is 0.625. The molecule has 5 heteroatoms. The first-order valence-corrected chi connectivity index (χ1v) is 7.34. The average Bonchev–Trinajstić information content (AvgIpc) is 2.41. The molecule has 1 nitrogen and oxygen atoms in total. The second-order valence-corrected chi connectivity index (χ2v) is 5.96. The van der Waals surface area contributed by atoms with Gasteiger partial charge in [-0.3, -0.25) is 0 Å². The zero-order valence-electron chi connectivity index (χ0n) is 12.4. The van der Waals surface area contributed by atoms with Crippen molar-refractivity contribution in [1.82, 2.24) is 5.32 Å². The van der Waals surface area contributed by atoms with E-state index in [9.17, 15) is 17.6 Å². The van der Waals surface area contributed by atoms with Gasteiger partial charge < -0.3 is 5.32 Å². The Morgan fingerprint density at radius 1 is 1.10 bits per heavy atom. The standard InChI is InChI=1S/C16H21F4N/c1-10-7-12(8-11(2)15(10)17)9-21-14-6-4-3-5-13(14)16(18,19)20/h7-8,13-14,21H,3-6,9H2,1-2H3. The van der Waals surface area contributed by atoms with Crippen LogP contribution in [-0.2, 0) is 6.54 Å². The van der Waals surface area contributed by atoms with Crippen LogP contribution in [0, 0.1) is 25.6 Å². The van der Waals surface area contributed by atoms with Crippen LogP contribution in [0.4, 0.5) is 17.6 Å². The Labute approximate surface area is 122 Å². The van der Waals surface area contributed by atoms with Crippen molar-refractivity contribution in [2.24, 2.45) is 5.92 Å². The van der Waals surface area contributed by atoms with Crippen LogP contribution in [-0.4, -0.2) is 12.2 Å². The van der Waals surface area contributed by atoms with Crippen LogP contribution in [0.3, 0.4) is 0 Å². The zero-order valence-corrected chi connectivity index (χ0v) is 12.4. The predicted octanol–water partition coefficient (Wildman–Crippen LogP) is 4.65. The third-order valence-corrected chi connectivity index (χ3v) is 4.25. The Balaban J connectivity index is 2.04. The van der Waals surface area contributed by atoms with Crippen molar-refractivity contribution < 1.29 is 17.6 Å². The lowest BCUT2D eigenvalue weighted by Crippen LogP contribution is -2.45. The molecule has 1 aliphatic carbocycles. The van der Waals surface area contributed by atoms with Gasteiger partial charge in [0, 0.05) is 12.6 Å². The van der Waals surface area contributed by atoms with E-state index >= 15 is 0 Å². The summed E-state index contributed by atoms with van der Waals surface area (Å²) < 4.78 is 52.6. The third kappa shape index (κ3) is 3.96. The van der Waals surface area contributed by atoms with Gasteiger partial charge in [0.15, 0.2) is 0 Å². The Hall–Kier alpha value is -1.10. The number of nitrogens with one attached hydrogen (secondary N) is 1. The maximum absolute atomic E-state index is 13.6. The highest BCUT2D eigenvalue weighted by atomic mass is 19.4. The van der Waals surface area contributed by atoms with Crippen LogP contribution < -0.4 is 5.32 Å². The van der Waals surface area contributed by atoms with E-state index in [0.717, 1.165) is 12.0 Å². The molecule has 118 valence electrons. The van der Waals surface area contributed by atoms with Crippen LogP contribution in [0.1, 0.15) is 42.4 Å². The molecular formula is C16H21F4N. The van der Waals surface area contributed by atoms with Gasteiger partial charge in [0.05, 0.1) is 5.92 Å². The largest absolute Gasteiger partial charge is 0.393 e. The summed E-state index contributed by atoms with van der Waals surface area (Å²) in [5.74, 6) is -1.52. The molecule has 1 aliphatic rings. The lowest BCUT2D eigenvalue weighted by Gasteiger charge is -2.33. The Morgan fingerprint density at radius 3 is 2.24 bits per heavy atom. The minimum atomic E-state index is -4.15. The van der Waals surface area contributed by atoms with Gasteiger partial charge in [0.2, 0.25) is 0 Å². The minimum absolute atomic E-state index is 0.197. The van der Waals surface area contributed by atoms with Crippen LogP contribution in [0.15, 0.2) is 12.1 Å². The van der Waals surface area contributed by atoms with Gasteiger partial charge in [-0.15, -0.1) is 0 Å². The van der Waals surface area contributed by atoms with Crippen LogP contribution in [0.25, 0.3) is 0 Å². The van der Waals surface area contributed by atoms with Gasteiger partial charge in [-0.1, -0.05) is 25.0 Å². The zero-order chi connectivity index (χ0) is 15.6. The first kappa shape index (κ1) is 16.3. The summed E-state index contributed by atoms with van der Waals surface area (Å²) >= 11 is 0. The molecule has 2 unspecified atom stereocenters. The van der Waals surface area contributed by atoms with Crippen molar-refractivity contribution in [2.75, 3.05) is 0 Å². The summed E-state index contributed by atoms with van der Waals surface area (Å²) in [6, 6.07) is 2.85. The highest BCUT2D eigenvalue weighted by molar-refractivity contribution is 5.30. The molecule has 1 saturated carbocycles. The highest BCUT2D eigenvalue weighted by Crippen LogP contribution is 2.37. The summed E-state index contributed by atoms with van der Waals surface area (Å²) in [6.45, 7) is 3.69. The Bertz CT molecular complexity index is 473. The summed E-state index contributed by atoms with van der Waals surface area (Å²) in [7, 11) is 0. The molecule has 0 heterocycles. The maximum Gasteiger partial charge on any atom is 0.393 e. The quantitative estimate of drug-likeness (QED) is 0.801. The molecule has 21 heavy (non-hydrogen) atoms. The van der Waals surface area contributed by atoms with Gasteiger partial charge in [-0.2, -0.15) is 13.2 Å². The number of benzene rings is 1. The molecule has 0 saturated heterocycles. The molecule has 0 radical (unpaired) electrons. The SMILES string of the molecule is Cc1cc(CNC2CCCCC2C(F)(F)F)cc(C)c1F. The summed E-state index contributed by atoms with van der Waals surface area (Å²) in [5.41, 5.74) is 1.89. The van der Waals surface area contributed by atoms with Crippen LogP contribution >= 0.6 is 0 Å². The molecule has 0 spiro atoms. The first-order valence-electron chi connectivity index (χ1n) is 7.34. The Kier molecular flexibility index (Phi) is 4.91. The van der Waals surface area contributed by atoms with Crippen LogP contribution in [0.2, 0.25) is 0 Å². The van der Waals surface area contributed by atoms with E-state index in [1.54, 1.807) is 26.0 Å². The second kappa shape index (κ2) is 6.34. The molecule has 2 atom stereocenters. The van der Waals surface area contributed by atoms with Crippen molar-refractivity contribution in [3.8, 4) is 0 Å². The summed E-state index contributed by atoms with van der Waals surface area (Å²) in [5, 5.41) is 3.03. The van der Waals surface area contributed by atoms with Crippen molar-refractivity contribution in [1.29, 1.82) is 0 Å². The number of hydrogen-bond donors (Lipinski definition) is 1. The van der Waals surface area contributed by atoms with E-state index in [2.05, 4.69) is 5.32 Å². The fourth-order valence-electron chi connectivity index (χ4n) is 3.15. The molecule has 2 rings (SSSR count). The number of aryl methyl sites for hydroxylation is 2. The van der Waals surface area contributed by atoms with E-state index in [1.165, 1.54) is 0 Å². The molecule has 0 aromatic heterocycles. The number of hydrogen-bond acceptors (Lipinski definition) is 1. The third-order valence-electron chi connectivity index (χ3n) is 4.25. The molecule has 0 aliphatic heterocycles. The average molecular weight is 303 g/mol. The Morgan fingerprint density at radius 2 is 1.67 bits per heavy atom. The second-order valence-electron chi connectivity index (χ2n) is 5.96. The van der Waals surface area contributed by atoms with Gasteiger partial charge in [0.1, 0.15) is 5.82 Å². The predicted molar refractivity (Wildman–Crippen MR) is 74.5 cm³/mol. The monoisotopic (exact) mass is 303 g/mol. The number of alkyl halides is 3. The van der Waals surface area contributed by atoms with Gasteiger partial charge in [0.25, 0.3) is 0 Å². The fourth-order valence-corrected chi connectivity index (χ4v) is 3.15. The summed E-state index contributed by atoms with van der Waals surface area (Å²) in [6.07, 6.45) is -1.94. The first-order chi connectivity index (χ1) is 9.79. The molecule has 0 bridgehead atoms. The van der Waals surface area contributed by atoms with Gasteiger partial charge in [-0.25, -0.2) is 4.39 Å². The molecule has 1 N–H and O–H groups in total. The molecular weight excluding hydrogens is 282 g/mol. The normalized spacial score (nSPS) is 23.3. The lowest BCUT2D eigenvalue weighted by molar-refractivity contribution is -0.189. The van der Waals surface area contributed by atoms with Crippen LogP contribution in [0.5, 0.6) is 0 Å². The summed E-state index contributed by atoms with van der Waals surface area (Å²) in [4.78, 5) is 0. The van der Waals surface area contributed by atoms with E-state index in [-0.39, 0.29) is 12.2 Å². The molecule has 1 fully saturated rings. The van der Waals surface area contributed by atoms with Crippen molar-refractivity contribution in [3.63, 3.8) is 0 Å². The highest BCUT2D eigenvalue weighted by Gasteiger charge is 2.45. The minimum Gasteiger partial charge on any atom is -0.309 e. The maximum atomic E-state index is 13.6. The van der Waals surface area contributed by atoms with Crippen molar-refractivity contribution >= 4 is 0 Å². The van der Waals surface area contributed by atoms with Gasteiger partial charge >= 0.3 is 6.18 Å². The van der Waals surface area contributed by atoms with Gasteiger partial charge in [-0.05, 0) is 43.4 Å². The van der Waals surface area contributed by atoms with Crippen molar-refractivity contribution in [3.05, 3.63) is 34.6 Å². The van der Waals surface area contributed by atoms with Crippen molar-refractivity contribution in [2.45, 2.75) is 58.3 Å². The molecule has 1 aromatic carbocycles. The number of halogens is 4. The number of rotatable bonds is 3.